The number of hydrogen-bond donors (Lipinski definition) is 1. The lowest BCUT2D eigenvalue weighted by Crippen LogP contribution is -2.51. The second kappa shape index (κ2) is 16.1. The highest BCUT2D eigenvalue weighted by atomic mass is 32.2. The van der Waals surface area contributed by atoms with E-state index < -0.39 is 51.7 Å². The van der Waals surface area contributed by atoms with Crippen molar-refractivity contribution in [1.82, 2.24) is 19.0 Å². The summed E-state index contributed by atoms with van der Waals surface area (Å²) in [4.78, 5) is 43.2. The van der Waals surface area contributed by atoms with Crippen LogP contribution in [0, 0.1) is 11.3 Å². The van der Waals surface area contributed by atoms with Gasteiger partial charge in [-0.3, -0.25) is 14.3 Å². The Morgan fingerprint density at radius 2 is 1.62 bits per heavy atom. The predicted octanol–water partition coefficient (Wildman–Crippen LogP) is 5.64. The van der Waals surface area contributed by atoms with Gasteiger partial charge in [-0.25, -0.2) is 13.2 Å². The van der Waals surface area contributed by atoms with Gasteiger partial charge in [0.2, 0.25) is 10.0 Å². The van der Waals surface area contributed by atoms with Crippen LogP contribution in [0.3, 0.4) is 0 Å². The normalized spacial score (nSPS) is 16.5. The highest BCUT2D eigenvalue weighted by Crippen LogP contribution is 2.41. The van der Waals surface area contributed by atoms with Crippen molar-refractivity contribution in [3.63, 3.8) is 0 Å². The van der Waals surface area contributed by atoms with Crippen LogP contribution in [-0.4, -0.2) is 90.9 Å². The Labute approximate surface area is 332 Å². The SMILES string of the molecule is COc1ccc(C(=O)Nc2cnn3c2C(=O)N(c2ccc(C(F)(F)c4ccccc4)cc2)[C@H]2CN(S(=O)(=O)CCN(C)C(=O)OCc4ccccc4)C[C@H]23)cc1C#N. The lowest BCUT2D eigenvalue weighted by Gasteiger charge is -2.37. The molecule has 7 rings (SSSR count). The Balaban J connectivity index is 1.16. The molecular weight excluding hydrogens is 773 g/mol. The average Bonchev–Trinajstić information content (AvgIpc) is 3.88. The van der Waals surface area contributed by atoms with Crippen LogP contribution < -0.4 is 15.0 Å². The molecule has 17 heteroatoms. The van der Waals surface area contributed by atoms with Crippen molar-refractivity contribution in [3.05, 3.63) is 143 Å². The van der Waals surface area contributed by atoms with E-state index in [1.165, 1.54) is 101 Å². The number of rotatable bonds is 12. The van der Waals surface area contributed by atoms with Crippen molar-refractivity contribution < 1.29 is 41.1 Å². The summed E-state index contributed by atoms with van der Waals surface area (Å²) in [5, 5.41) is 16.6. The smallest absolute Gasteiger partial charge is 0.409 e. The molecule has 0 radical (unpaired) electrons. The number of alkyl halides is 2. The molecule has 0 saturated carbocycles. The number of nitrogens with one attached hydrogen (secondary N) is 1. The van der Waals surface area contributed by atoms with Crippen molar-refractivity contribution in [1.29, 1.82) is 5.26 Å². The van der Waals surface area contributed by atoms with E-state index >= 15 is 8.78 Å². The number of carbonyl (C=O) groups is 3. The number of carbonyl (C=O) groups excluding carboxylic acids is 3. The van der Waals surface area contributed by atoms with Gasteiger partial charge in [-0.05, 0) is 35.9 Å². The predicted molar refractivity (Wildman–Crippen MR) is 208 cm³/mol. The number of amides is 3. The van der Waals surface area contributed by atoms with Gasteiger partial charge in [0.25, 0.3) is 17.7 Å². The Hall–Kier alpha value is -6.64. The number of sulfonamides is 1. The minimum atomic E-state index is -4.06. The van der Waals surface area contributed by atoms with Crippen LogP contribution in [0.1, 0.15) is 49.1 Å². The lowest BCUT2D eigenvalue weighted by atomic mass is 9.99. The number of nitrogens with zero attached hydrogens (tertiary/aromatic N) is 6. The summed E-state index contributed by atoms with van der Waals surface area (Å²) in [6.07, 6.45) is 0.568. The highest BCUT2D eigenvalue weighted by Gasteiger charge is 2.50. The number of anilines is 2. The summed E-state index contributed by atoms with van der Waals surface area (Å²) in [6.45, 7) is -0.484. The average molecular weight is 810 g/mol. The van der Waals surface area contributed by atoms with Crippen LogP contribution >= 0.6 is 0 Å². The first kappa shape index (κ1) is 39.6. The molecular formula is C41H37F2N7O7S. The summed E-state index contributed by atoms with van der Waals surface area (Å²) in [5.74, 6) is -4.87. The molecule has 1 aromatic heterocycles. The van der Waals surface area contributed by atoms with Gasteiger partial charge < -0.3 is 24.6 Å². The zero-order valence-electron chi connectivity index (χ0n) is 31.3. The molecule has 2 aliphatic heterocycles. The molecule has 1 fully saturated rings. The number of halogens is 2. The van der Waals surface area contributed by atoms with Crippen molar-refractivity contribution in [2.75, 3.05) is 49.8 Å². The van der Waals surface area contributed by atoms with E-state index in [2.05, 4.69) is 10.4 Å². The van der Waals surface area contributed by atoms with E-state index in [1.807, 2.05) is 12.1 Å². The monoisotopic (exact) mass is 809 g/mol. The van der Waals surface area contributed by atoms with Crippen molar-refractivity contribution in [3.8, 4) is 11.8 Å². The van der Waals surface area contributed by atoms with E-state index in [0.29, 0.717) is 0 Å². The minimum Gasteiger partial charge on any atom is -0.495 e. The van der Waals surface area contributed by atoms with E-state index in [9.17, 15) is 28.1 Å². The molecule has 2 aliphatic rings. The number of aromatic nitrogens is 2. The fourth-order valence-corrected chi connectivity index (χ4v) is 8.55. The lowest BCUT2D eigenvalue weighted by molar-refractivity contribution is 0.0428. The number of nitriles is 1. The third-order valence-electron chi connectivity index (χ3n) is 10.2. The molecule has 5 aromatic rings. The third kappa shape index (κ3) is 7.71. The Kier molecular flexibility index (Phi) is 11.0. The van der Waals surface area contributed by atoms with Crippen LogP contribution in [0.4, 0.5) is 25.0 Å². The fraction of sp³-hybridized carbons (Fsp3) is 0.244. The zero-order chi connectivity index (χ0) is 41.2. The molecule has 0 spiro atoms. The number of fused-ring (bicyclic) bond motifs is 3. The van der Waals surface area contributed by atoms with Crippen LogP contribution in [0.2, 0.25) is 0 Å². The van der Waals surface area contributed by atoms with E-state index in [1.54, 1.807) is 30.3 Å². The Morgan fingerprint density at radius 1 is 0.966 bits per heavy atom. The van der Waals surface area contributed by atoms with Crippen LogP contribution in [0.5, 0.6) is 5.75 Å². The molecule has 298 valence electrons. The molecule has 1 saturated heterocycles. The van der Waals surface area contributed by atoms with Crippen molar-refractivity contribution in [2.45, 2.75) is 24.6 Å². The first-order valence-electron chi connectivity index (χ1n) is 18.1. The maximum absolute atomic E-state index is 15.5. The first-order chi connectivity index (χ1) is 27.8. The van der Waals surface area contributed by atoms with Gasteiger partial charge in [0.1, 0.15) is 18.4 Å². The van der Waals surface area contributed by atoms with Crippen LogP contribution in [-0.2, 0) is 27.3 Å². The van der Waals surface area contributed by atoms with E-state index in [-0.39, 0.29) is 71.3 Å². The number of ether oxygens (including phenoxy) is 2. The molecule has 3 amide bonds. The topological polar surface area (TPSA) is 167 Å². The number of hydrogen-bond acceptors (Lipinski definition) is 9. The van der Waals surface area contributed by atoms with Crippen LogP contribution in [0.25, 0.3) is 0 Å². The maximum Gasteiger partial charge on any atom is 0.409 e. The summed E-state index contributed by atoms with van der Waals surface area (Å²) in [7, 11) is -1.24. The second-order valence-electron chi connectivity index (χ2n) is 13.7. The molecule has 4 aromatic carbocycles. The summed E-state index contributed by atoms with van der Waals surface area (Å²) >= 11 is 0. The molecule has 2 atom stereocenters. The number of methoxy groups -OCH3 is 1. The van der Waals surface area contributed by atoms with Crippen LogP contribution in [0.15, 0.2) is 109 Å². The standard InChI is InChI=1S/C41H37F2N7O7S/c1-47(40(53)57-26-27-9-5-3-6-10-27)19-20-58(54,55)48-24-34-35(25-48)50-37(33(23-45-50)46-38(51)28-13-18-36(56-2)29(21-28)22-44)39(52)49(34)32-16-14-31(15-17-32)41(42,43)30-11-7-4-8-12-30/h3-18,21,23,34-35H,19-20,24-26H2,1-2H3,(H,46,51)/t34-,35+/m0/s1. The van der Waals surface area contributed by atoms with Gasteiger partial charge >= 0.3 is 6.09 Å². The molecule has 0 bridgehead atoms. The Bertz CT molecular complexity index is 2500. The second-order valence-corrected chi connectivity index (χ2v) is 15.8. The maximum atomic E-state index is 15.5. The summed E-state index contributed by atoms with van der Waals surface area (Å²) in [6, 6.07) is 26.1. The van der Waals surface area contributed by atoms with Gasteiger partial charge in [-0.2, -0.15) is 23.4 Å². The zero-order valence-corrected chi connectivity index (χ0v) is 32.1. The molecule has 58 heavy (non-hydrogen) atoms. The van der Waals surface area contributed by atoms with Gasteiger partial charge in [0.15, 0.2) is 5.69 Å². The van der Waals surface area contributed by atoms with Gasteiger partial charge in [-0.1, -0.05) is 72.8 Å². The third-order valence-corrected chi connectivity index (χ3v) is 11.9. The van der Waals surface area contributed by atoms with Crippen molar-refractivity contribution in [2.24, 2.45) is 0 Å². The largest absolute Gasteiger partial charge is 0.495 e. The fourth-order valence-electron chi connectivity index (χ4n) is 7.03. The minimum absolute atomic E-state index is 0.0106. The molecule has 0 aliphatic carbocycles. The summed E-state index contributed by atoms with van der Waals surface area (Å²) in [5.41, 5.74) is 0.597. The van der Waals surface area contributed by atoms with E-state index in [4.69, 9.17) is 9.47 Å². The first-order valence-corrected chi connectivity index (χ1v) is 19.7. The molecule has 14 nitrogen and oxygen atoms in total. The molecule has 0 unspecified atom stereocenters. The van der Waals surface area contributed by atoms with Gasteiger partial charge in [-0.15, -0.1) is 0 Å². The Morgan fingerprint density at radius 3 is 2.29 bits per heavy atom. The van der Waals surface area contributed by atoms with Crippen molar-refractivity contribution >= 4 is 39.3 Å². The van der Waals surface area contributed by atoms with E-state index in [0.717, 1.165) is 10.5 Å². The quantitative estimate of drug-likeness (QED) is 0.168. The van der Waals surface area contributed by atoms with Gasteiger partial charge in [0.05, 0.1) is 42.4 Å². The molecule has 3 heterocycles. The highest BCUT2D eigenvalue weighted by molar-refractivity contribution is 7.89. The van der Waals surface area contributed by atoms with Gasteiger partial charge in [0, 0.05) is 49.1 Å². The summed E-state index contributed by atoms with van der Waals surface area (Å²) < 4.78 is 71.9. The molecule has 1 N–H and O–H groups in total. The number of benzene rings is 4.